The molecule has 1 aromatic carbocycles. The van der Waals surface area contributed by atoms with Gasteiger partial charge in [-0.25, -0.2) is 9.97 Å². The first-order valence-electron chi connectivity index (χ1n) is 5.75. The molecule has 7 heteroatoms. The summed E-state index contributed by atoms with van der Waals surface area (Å²) in [6.07, 6.45) is 0. The van der Waals surface area contributed by atoms with Crippen LogP contribution in [0.1, 0.15) is 16.1 Å². The second-order valence-corrected chi connectivity index (χ2v) is 4.46. The molecule has 0 saturated heterocycles. The number of rotatable bonds is 3. The third-order valence-electron chi connectivity index (χ3n) is 2.52. The Kier molecular flexibility index (Phi) is 4.05. The smallest absolute Gasteiger partial charge is 0.261 e. The van der Waals surface area contributed by atoms with Crippen LogP contribution in [0.4, 0.5) is 11.6 Å². The maximum Gasteiger partial charge on any atom is 0.261 e. The normalized spacial score (nSPS) is 10.2. The Morgan fingerprint density at radius 3 is 2.75 bits per heavy atom. The highest BCUT2D eigenvalue weighted by Crippen LogP contribution is 2.22. The lowest BCUT2D eigenvalue weighted by Gasteiger charge is -2.09. The van der Waals surface area contributed by atoms with E-state index in [9.17, 15) is 4.79 Å². The van der Waals surface area contributed by atoms with Crippen molar-refractivity contribution in [3.63, 3.8) is 0 Å². The molecule has 0 radical (unpaired) electrons. The summed E-state index contributed by atoms with van der Waals surface area (Å²) in [5, 5.41) is 2.83. The second kappa shape index (κ2) is 5.75. The van der Waals surface area contributed by atoms with Gasteiger partial charge in [0, 0.05) is 17.4 Å². The molecule has 0 saturated carbocycles. The van der Waals surface area contributed by atoms with Crippen molar-refractivity contribution in [1.29, 1.82) is 0 Å². The van der Waals surface area contributed by atoms with Crippen LogP contribution in [0.25, 0.3) is 0 Å². The SMILES string of the molecule is COc1cc(N)ccc1C(=O)Nc1nc(C)cc(Cl)n1. The first kappa shape index (κ1) is 14.1. The van der Waals surface area contributed by atoms with Crippen LogP contribution in [0.5, 0.6) is 5.75 Å². The van der Waals surface area contributed by atoms with Crippen LogP contribution in [0, 0.1) is 6.92 Å². The van der Waals surface area contributed by atoms with Crippen molar-refractivity contribution < 1.29 is 9.53 Å². The number of benzene rings is 1. The zero-order valence-corrected chi connectivity index (χ0v) is 11.7. The number of nitrogens with zero attached hydrogens (tertiary/aromatic N) is 2. The monoisotopic (exact) mass is 292 g/mol. The lowest BCUT2D eigenvalue weighted by molar-refractivity contribution is 0.102. The van der Waals surface area contributed by atoms with Gasteiger partial charge >= 0.3 is 0 Å². The minimum atomic E-state index is -0.400. The third kappa shape index (κ3) is 3.16. The highest BCUT2D eigenvalue weighted by atomic mass is 35.5. The summed E-state index contributed by atoms with van der Waals surface area (Å²) in [6.45, 7) is 1.76. The fraction of sp³-hybridized carbons (Fsp3) is 0.154. The molecule has 0 fully saturated rings. The summed E-state index contributed by atoms with van der Waals surface area (Å²) in [7, 11) is 1.46. The Balaban J connectivity index is 2.28. The summed E-state index contributed by atoms with van der Waals surface area (Å²) in [5.74, 6) is 0.114. The lowest BCUT2D eigenvalue weighted by atomic mass is 10.1. The van der Waals surface area contributed by atoms with E-state index < -0.39 is 5.91 Å². The summed E-state index contributed by atoms with van der Waals surface area (Å²) in [4.78, 5) is 20.2. The van der Waals surface area contributed by atoms with E-state index in [0.29, 0.717) is 22.7 Å². The molecule has 0 atom stereocenters. The van der Waals surface area contributed by atoms with E-state index in [1.165, 1.54) is 7.11 Å². The van der Waals surface area contributed by atoms with Crippen LogP contribution in [-0.4, -0.2) is 23.0 Å². The van der Waals surface area contributed by atoms with Gasteiger partial charge in [-0.15, -0.1) is 0 Å². The van der Waals surface area contributed by atoms with Gasteiger partial charge in [-0.05, 0) is 25.1 Å². The van der Waals surface area contributed by atoms with Gasteiger partial charge in [0.2, 0.25) is 5.95 Å². The Morgan fingerprint density at radius 2 is 2.10 bits per heavy atom. The second-order valence-electron chi connectivity index (χ2n) is 4.07. The van der Waals surface area contributed by atoms with Crippen LogP contribution in [0.2, 0.25) is 5.15 Å². The molecule has 104 valence electrons. The average molecular weight is 293 g/mol. The van der Waals surface area contributed by atoms with Crippen molar-refractivity contribution in [2.75, 3.05) is 18.2 Å². The summed E-state index contributed by atoms with van der Waals surface area (Å²) < 4.78 is 5.12. The predicted octanol–water partition coefficient (Wildman–Crippen LogP) is 2.28. The van der Waals surface area contributed by atoms with Crippen LogP contribution in [0.15, 0.2) is 24.3 Å². The van der Waals surface area contributed by atoms with Crippen LogP contribution < -0.4 is 15.8 Å². The van der Waals surface area contributed by atoms with Crippen LogP contribution >= 0.6 is 11.6 Å². The van der Waals surface area contributed by atoms with Gasteiger partial charge in [0.25, 0.3) is 5.91 Å². The molecule has 0 bridgehead atoms. The largest absolute Gasteiger partial charge is 0.496 e. The zero-order valence-electron chi connectivity index (χ0n) is 11.0. The summed E-state index contributed by atoms with van der Waals surface area (Å²) in [6, 6.07) is 6.35. The van der Waals surface area contributed by atoms with E-state index in [2.05, 4.69) is 15.3 Å². The molecule has 0 unspecified atom stereocenters. The van der Waals surface area contributed by atoms with Crippen molar-refractivity contribution >= 4 is 29.1 Å². The maximum atomic E-state index is 12.2. The number of nitrogens with two attached hydrogens (primary N) is 1. The van der Waals surface area contributed by atoms with E-state index in [0.717, 1.165) is 0 Å². The van der Waals surface area contributed by atoms with E-state index in [-0.39, 0.29) is 11.1 Å². The van der Waals surface area contributed by atoms with Crippen molar-refractivity contribution in [2.45, 2.75) is 6.92 Å². The predicted molar refractivity (Wildman–Crippen MR) is 77.1 cm³/mol. The first-order valence-corrected chi connectivity index (χ1v) is 6.13. The van der Waals surface area contributed by atoms with Crippen molar-refractivity contribution in [1.82, 2.24) is 9.97 Å². The quantitative estimate of drug-likeness (QED) is 0.669. The number of hydrogen-bond donors (Lipinski definition) is 2. The average Bonchev–Trinajstić information content (AvgIpc) is 2.37. The third-order valence-corrected chi connectivity index (χ3v) is 2.71. The molecule has 0 aliphatic rings. The van der Waals surface area contributed by atoms with Gasteiger partial charge in [-0.3, -0.25) is 10.1 Å². The molecule has 20 heavy (non-hydrogen) atoms. The van der Waals surface area contributed by atoms with Gasteiger partial charge in [0.05, 0.1) is 12.7 Å². The van der Waals surface area contributed by atoms with E-state index in [1.54, 1.807) is 31.2 Å². The topological polar surface area (TPSA) is 90.1 Å². The molecule has 0 aliphatic carbocycles. The Labute approximate surface area is 120 Å². The highest BCUT2D eigenvalue weighted by Gasteiger charge is 2.14. The maximum absolute atomic E-state index is 12.2. The number of aromatic nitrogens is 2. The number of aryl methyl sites for hydroxylation is 1. The minimum absolute atomic E-state index is 0.138. The fourth-order valence-electron chi connectivity index (χ4n) is 1.65. The lowest BCUT2D eigenvalue weighted by Crippen LogP contribution is -2.15. The first-order chi connectivity index (χ1) is 9.49. The number of halogens is 1. The van der Waals surface area contributed by atoms with Gasteiger partial charge in [0.15, 0.2) is 0 Å². The summed E-state index contributed by atoms with van der Waals surface area (Å²) in [5.41, 5.74) is 7.14. The molecule has 0 aliphatic heterocycles. The molecular formula is C13H13ClN4O2. The number of carbonyl (C=O) groups excluding carboxylic acids is 1. The number of ether oxygens (including phenoxy) is 1. The van der Waals surface area contributed by atoms with Crippen LogP contribution in [-0.2, 0) is 0 Å². The fourth-order valence-corrected chi connectivity index (χ4v) is 1.89. The van der Waals surface area contributed by atoms with Crippen molar-refractivity contribution in [3.05, 3.63) is 40.7 Å². The minimum Gasteiger partial charge on any atom is -0.496 e. The van der Waals surface area contributed by atoms with E-state index in [1.807, 2.05) is 0 Å². The number of anilines is 2. The van der Waals surface area contributed by atoms with Crippen molar-refractivity contribution in [2.24, 2.45) is 0 Å². The molecule has 6 nitrogen and oxygen atoms in total. The van der Waals surface area contributed by atoms with Gasteiger partial charge < -0.3 is 10.5 Å². The Morgan fingerprint density at radius 1 is 1.35 bits per heavy atom. The Hall–Kier alpha value is -2.34. The zero-order chi connectivity index (χ0) is 14.7. The van der Waals surface area contributed by atoms with Gasteiger partial charge in [0.1, 0.15) is 10.9 Å². The van der Waals surface area contributed by atoms with Crippen LogP contribution in [0.3, 0.4) is 0 Å². The standard InChI is InChI=1S/C13H13ClN4O2/c1-7-5-11(14)17-13(16-7)18-12(19)9-4-3-8(15)6-10(9)20-2/h3-6H,15H2,1-2H3,(H,16,17,18,19). The Bertz CT molecular complexity index is 641. The molecule has 2 rings (SSSR count). The van der Waals surface area contributed by atoms with Gasteiger partial charge in [-0.1, -0.05) is 11.6 Å². The van der Waals surface area contributed by atoms with Crippen molar-refractivity contribution in [3.8, 4) is 5.75 Å². The summed E-state index contributed by atoms with van der Waals surface area (Å²) >= 11 is 5.82. The molecular weight excluding hydrogens is 280 g/mol. The van der Waals surface area contributed by atoms with Gasteiger partial charge in [-0.2, -0.15) is 0 Å². The molecule has 2 aromatic rings. The molecule has 1 heterocycles. The molecule has 1 amide bonds. The molecule has 3 N–H and O–H groups in total. The number of nitrogen functional groups attached to an aromatic ring is 1. The van der Waals surface area contributed by atoms with E-state index >= 15 is 0 Å². The molecule has 1 aromatic heterocycles. The number of hydrogen-bond acceptors (Lipinski definition) is 5. The highest BCUT2D eigenvalue weighted by molar-refractivity contribution is 6.29. The molecule has 0 spiro atoms. The van der Waals surface area contributed by atoms with E-state index in [4.69, 9.17) is 22.1 Å². The number of methoxy groups -OCH3 is 1. The number of amides is 1. The number of nitrogens with one attached hydrogen (secondary N) is 1. The number of carbonyl (C=O) groups is 1.